The molecule has 2 aromatic carbocycles. The lowest BCUT2D eigenvalue weighted by atomic mass is 9.80. The molecule has 1 atom stereocenters. The summed E-state index contributed by atoms with van der Waals surface area (Å²) in [6, 6.07) is 11.0. The monoisotopic (exact) mass is 365 g/mol. The van der Waals surface area contributed by atoms with E-state index in [0.717, 1.165) is 16.7 Å². The Morgan fingerprint density at radius 1 is 1.25 bits per heavy atom. The Labute approximate surface area is 150 Å². The molecule has 3 rings (SSSR count). The van der Waals surface area contributed by atoms with Gasteiger partial charge in [-0.1, -0.05) is 55.2 Å². The minimum absolute atomic E-state index is 0.374. The Hall–Kier alpha value is -1.91. The van der Waals surface area contributed by atoms with Crippen molar-refractivity contribution < 1.29 is 14.3 Å². The van der Waals surface area contributed by atoms with Gasteiger partial charge in [0.15, 0.2) is 0 Å². The second-order valence-electron chi connectivity index (χ2n) is 6.47. The van der Waals surface area contributed by atoms with Crippen LogP contribution in [0.15, 0.2) is 36.4 Å². The van der Waals surface area contributed by atoms with Crippen molar-refractivity contribution >= 4 is 29.3 Å². The molecule has 0 aromatic heterocycles. The third-order valence-electron chi connectivity index (χ3n) is 4.08. The molecule has 126 valence electrons. The standard InChI is InChI=1S/C18H17Cl2NO3/c1-18(2)9-23-15-7-10(12-6-4-11(19)8-14(12)20)3-5-13(15)16(18)24-17(21)22/h3-8,16H,9H2,1-2H3,(H2,21,22). The molecule has 0 spiro atoms. The molecule has 1 unspecified atom stereocenters. The number of carbonyl (C=O) groups is 1. The van der Waals surface area contributed by atoms with E-state index in [4.69, 9.17) is 38.4 Å². The summed E-state index contributed by atoms with van der Waals surface area (Å²) in [7, 11) is 0. The lowest BCUT2D eigenvalue weighted by Crippen LogP contribution is -2.37. The fourth-order valence-electron chi connectivity index (χ4n) is 2.87. The number of benzene rings is 2. The van der Waals surface area contributed by atoms with Crippen LogP contribution in [-0.4, -0.2) is 12.7 Å². The van der Waals surface area contributed by atoms with Crippen LogP contribution in [0.3, 0.4) is 0 Å². The van der Waals surface area contributed by atoms with Gasteiger partial charge in [-0.05, 0) is 23.8 Å². The largest absolute Gasteiger partial charge is 0.492 e. The number of hydrogen-bond donors (Lipinski definition) is 1. The van der Waals surface area contributed by atoms with Crippen LogP contribution in [0, 0.1) is 5.41 Å². The third-order valence-corrected chi connectivity index (χ3v) is 4.63. The van der Waals surface area contributed by atoms with Gasteiger partial charge < -0.3 is 15.2 Å². The summed E-state index contributed by atoms with van der Waals surface area (Å²) in [6.45, 7) is 4.34. The highest BCUT2D eigenvalue weighted by molar-refractivity contribution is 6.36. The quantitative estimate of drug-likeness (QED) is 0.793. The number of amides is 1. The zero-order valence-corrected chi connectivity index (χ0v) is 14.8. The first-order valence-corrected chi connectivity index (χ1v) is 8.22. The summed E-state index contributed by atoms with van der Waals surface area (Å²) in [5.74, 6) is 0.657. The molecule has 24 heavy (non-hydrogen) atoms. The number of rotatable bonds is 2. The first-order chi connectivity index (χ1) is 11.3. The van der Waals surface area contributed by atoms with E-state index in [1.54, 1.807) is 12.1 Å². The Morgan fingerprint density at radius 2 is 2.00 bits per heavy atom. The summed E-state index contributed by atoms with van der Waals surface area (Å²) in [6.07, 6.45) is -1.26. The SMILES string of the molecule is CC1(C)COc2cc(-c3ccc(Cl)cc3Cl)ccc2C1OC(N)=O. The molecule has 0 fully saturated rings. The first kappa shape index (κ1) is 16.9. The van der Waals surface area contributed by atoms with Crippen LogP contribution in [-0.2, 0) is 4.74 Å². The molecule has 0 radical (unpaired) electrons. The highest BCUT2D eigenvalue weighted by atomic mass is 35.5. The van der Waals surface area contributed by atoms with Crippen molar-refractivity contribution in [3.05, 3.63) is 52.0 Å². The fraction of sp³-hybridized carbons (Fsp3) is 0.278. The average Bonchev–Trinajstić information content (AvgIpc) is 2.50. The Morgan fingerprint density at radius 3 is 2.67 bits per heavy atom. The zero-order chi connectivity index (χ0) is 17.5. The van der Waals surface area contributed by atoms with Gasteiger partial charge in [-0.15, -0.1) is 0 Å². The van der Waals surface area contributed by atoms with Gasteiger partial charge in [-0.25, -0.2) is 4.79 Å². The summed E-state index contributed by atoms with van der Waals surface area (Å²) >= 11 is 12.2. The number of primary amides is 1. The van der Waals surface area contributed by atoms with E-state index in [0.29, 0.717) is 22.4 Å². The van der Waals surface area contributed by atoms with Gasteiger partial charge in [0.1, 0.15) is 11.9 Å². The van der Waals surface area contributed by atoms with Crippen LogP contribution >= 0.6 is 23.2 Å². The molecule has 0 aliphatic carbocycles. The van der Waals surface area contributed by atoms with Crippen molar-refractivity contribution in [1.29, 1.82) is 0 Å². The molecule has 1 aliphatic rings. The van der Waals surface area contributed by atoms with E-state index in [-0.39, 0.29) is 5.41 Å². The highest BCUT2D eigenvalue weighted by Crippen LogP contribution is 2.46. The second kappa shape index (κ2) is 6.19. The van der Waals surface area contributed by atoms with Gasteiger partial charge in [-0.3, -0.25) is 0 Å². The second-order valence-corrected chi connectivity index (χ2v) is 7.31. The number of nitrogens with two attached hydrogens (primary N) is 1. The van der Waals surface area contributed by atoms with Crippen LogP contribution < -0.4 is 10.5 Å². The van der Waals surface area contributed by atoms with Gasteiger partial charge in [0, 0.05) is 26.6 Å². The minimum atomic E-state index is -0.800. The van der Waals surface area contributed by atoms with Crippen molar-refractivity contribution in [2.45, 2.75) is 20.0 Å². The Balaban J connectivity index is 2.04. The van der Waals surface area contributed by atoms with Crippen LogP contribution in [0.4, 0.5) is 4.79 Å². The zero-order valence-electron chi connectivity index (χ0n) is 13.3. The van der Waals surface area contributed by atoms with Crippen LogP contribution in [0.25, 0.3) is 11.1 Å². The normalized spacial score (nSPS) is 18.4. The first-order valence-electron chi connectivity index (χ1n) is 7.46. The van der Waals surface area contributed by atoms with Gasteiger partial charge in [0.05, 0.1) is 6.61 Å². The lowest BCUT2D eigenvalue weighted by molar-refractivity contribution is -0.0176. The summed E-state index contributed by atoms with van der Waals surface area (Å²) in [5, 5.41) is 1.14. The smallest absolute Gasteiger partial charge is 0.405 e. The van der Waals surface area contributed by atoms with Gasteiger partial charge in [0.2, 0.25) is 0 Å². The van der Waals surface area contributed by atoms with Crippen LogP contribution in [0.2, 0.25) is 10.0 Å². The topological polar surface area (TPSA) is 61.6 Å². The van der Waals surface area contributed by atoms with Crippen LogP contribution in [0.1, 0.15) is 25.5 Å². The summed E-state index contributed by atoms with van der Waals surface area (Å²) in [4.78, 5) is 11.3. The van der Waals surface area contributed by atoms with Crippen molar-refractivity contribution in [2.75, 3.05) is 6.61 Å². The molecular formula is C18H17Cl2NO3. The minimum Gasteiger partial charge on any atom is -0.492 e. The van der Waals surface area contributed by atoms with E-state index >= 15 is 0 Å². The molecule has 2 N–H and O–H groups in total. The maximum absolute atomic E-state index is 11.3. The molecular weight excluding hydrogens is 349 g/mol. The number of halogens is 2. The molecule has 0 bridgehead atoms. The number of fused-ring (bicyclic) bond motifs is 1. The van der Waals surface area contributed by atoms with Crippen molar-refractivity contribution in [1.82, 2.24) is 0 Å². The van der Waals surface area contributed by atoms with Gasteiger partial charge in [-0.2, -0.15) is 0 Å². The average molecular weight is 366 g/mol. The van der Waals surface area contributed by atoms with E-state index in [1.165, 1.54) is 0 Å². The van der Waals surface area contributed by atoms with Gasteiger partial charge >= 0.3 is 6.09 Å². The molecule has 1 aliphatic heterocycles. The van der Waals surface area contributed by atoms with E-state index in [2.05, 4.69) is 0 Å². The maximum Gasteiger partial charge on any atom is 0.405 e. The highest BCUT2D eigenvalue weighted by Gasteiger charge is 2.40. The predicted octanol–water partition coefficient (Wildman–Crippen LogP) is 5.22. The number of carbonyl (C=O) groups excluding carboxylic acids is 1. The molecule has 1 heterocycles. The Kier molecular flexibility index (Phi) is 4.37. The predicted molar refractivity (Wildman–Crippen MR) is 94.6 cm³/mol. The summed E-state index contributed by atoms with van der Waals surface area (Å²) in [5.41, 5.74) is 7.39. The van der Waals surface area contributed by atoms with Gasteiger partial charge in [0.25, 0.3) is 0 Å². The molecule has 1 amide bonds. The van der Waals surface area contributed by atoms with Crippen LogP contribution in [0.5, 0.6) is 5.75 Å². The summed E-state index contributed by atoms with van der Waals surface area (Å²) < 4.78 is 11.2. The number of hydrogen-bond acceptors (Lipinski definition) is 3. The number of ether oxygens (including phenoxy) is 2. The third kappa shape index (κ3) is 3.17. The molecule has 6 heteroatoms. The van der Waals surface area contributed by atoms with E-state index in [1.807, 2.05) is 38.1 Å². The Bertz CT molecular complexity index is 805. The van der Waals surface area contributed by atoms with Crippen molar-refractivity contribution in [3.8, 4) is 16.9 Å². The molecule has 0 saturated heterocycles. The van der Waals surface area contributed by atoms with Crippen molar-refractivity contribution in [2.24, 2.45) is 11.1 Å². The van der Waals surface area contributed by atoms with Crippen molar-refractivity contribution in [3.63, 3.8) is 0 Å². The fourth-order valence-corrected chi connectivity index (χ4v) is 3.38. The van der Waals surface area contributed by atoms with E-state index < -0.39 is 12.2 Å². The molecule has 4 nitrogen and oxygen atoms in total. The lowest BCUT2D eigenvalue weighted by Gasteiger charge is -2.38. The van der Waals surface area contributed by atoms with E-state index in [9.17, 15) is 4.79 Å². The molecule has 0 saturated carbocycles. The molecule has 2 aromatic rings. The maximum atomic E-state index is 11.3.